The molecule has 1 radical (unpaired) electrons. The second kappa shape index (κ2) is 17.2. The molecule has 0 rings (SSSR count). The Hall–Kier alpha value is -0.291. The Morgan fingerprint density at radius 3 is 1.14 bits per heavy atom. The molecule has 6 heteroatoms. The Morgan fingerprint density at radius 1 is 1.14 bits per heavy atom. The minimum atomic E-state index is -2.33. The molecular formula is CH2CuO5. The summed E-state index contributed by atoms with van der Waals surface area (Å²) in [5, 5.41) is 16.7. The average molecular weight is 158 g/mol. The van der Waals surface area contributed by atoms with Crippen LogP contribution in [0.1, 0.15) is 0 Å². The first-order chi connectivity index (χ1) is 1.73. The van der Waals surface area contributed by atoms with E-state index < -0.39 is 6.16 Å². The fraction of sp³-hybridized carbons (Fsp3) is 0. The topological polar surface area (TPSA) is 123 Å². The van der Waals surface area contributed by atoms with Gasteiger partial charge in [-0.15, -0.1) is 0 Å². The van der Waals surface area contributed by atoms with E-state index >= 15 is 0 Å². The monoisotopic (exact) mass is 157 g/mol. The van der Waals surface area contributed by atoms with E-state index in [1.54, 1.807) is 0 Å². The molecule has 0 aromatic heterocycles. The van der Waals surface area contributed by atoms with Crippen LogP contribution in [0.25, 0.3) is 0 Å². The maximum Gasteiger partial charge on any atom is 4.00 e. The van der Waals surface area contributed by atoms with Crippen molar-refractivity contribution in [3.8, 4) is 0 Å². The number of carbonyl (C=O) groups is 1. The summed E-state index contributed by atoms with van der Waals surface area (Å²) >= 11 is 0. The summed E-state index contributed by atoms with van der Waals surface area (Å²) in [6, 6.07) is 0. The molecule has 7 heavy (non-hydrogen) atoms. The zero-order valence-electron chi connectivity index (χ0n) is 2.92. The van der Waals surface area contributed by atoms with Gasteiger partial charge < -0.3 is 26.0 Å². The van der Waals surface area contributed by atoms with E-state index in [9.17, 15) is 0 Å². The quantitative estimate of drug-likeness (QED) is 0.351. The number of hydrogen-bond acceptors (Lipinski definition) is 5. The Morgan fingerprint density at radius 2 is 1.14 bits per heavy atom. The van der Waals surface area contributed by atoms with Crippen molar-refractivity contribution in [1.82, 2.24) is 0 Å². The SMILES string of the molecule is O=C([O-])[O-].[Cu+4].[OH-].[OH-]. The Balaban J connectivity index is -0.0000000150. The largest absolute Gasteiger partial charge is 4.00 e. The van der Waals surface area contributed by atoms with E-state index in [1.807, 2.05) is 0 Å². The molecule has 0 fully saturated rings. The first kappa shape index (κ1) is 29.8. The van der Waals surface area contributed by atoms with Gasteiger partial charge in [0.05, 0.1) is 0 Å². The van der Waals surface area contributed by atoms with Crippen molar-refractivity contribution in [3.63, 3.8) is 0 Å². The molecule has 0 aliphatic heterocycles. The van der Waals surface area contributed by atoms with Crippen molar-refractivity contribution >= 4 is 6.16 Å². The molecule has 2 N–H and O–H groups in total. The molecule has 5 nitrogen and oxygen atoms in total. The van der Waals surface area contributed by atoms with Crippen LogP contribution in [0.5, 0.6) is 0 Å². The number of carboxylic acid groups (broad SMARTS) is 2. The van der Waals surface area contributed by atoms with Crippen LogP contribution in [-0.4, -0.2) is 17.1 Å². The van der Waals surface area contributed by atoms with Crippen molar-refractivity contribution in [2.45, 2.75) is 0 Å². The van der Waals surface area contributed by atoms with Gasteiger partial charge in [0.15, 0.2) is 0 Å². The van der Waals surface area contributed by atoms with Gasteiger partial charge in [0.1, 0.15) is 0 Å². The molecule has 0 unspecified atom stereocenters. The van der Waals surface area contributed by atoms with Gasteiger partial charge in [-0.05, 0) is 6.16 Å². The fourth-order valence-electron chi connectivity index (χ4n) is 0. The third-order valence-electron chi connectivity index (χ3n) is 0. The number of carbonyl (C=O) groups excluding carboxylic acids is 1. The second-order valence-electron chi connectivity index (χ2n) is 0.250. The first-order valence-corrected chi connectivity index (χ1v) is 0.612. The predicted molar refractivity (Wildman–Crippen MR) is 9.27 cm³/mol. The zero-order chi connectivity index (χ0) is 3.58. The molecule has 0 aliphatic rings. The Kier molecular flexibility index (Phi) is 73.4. The van der Waals surface area contributed by atoms with Crippen LogP contribution >= 0.6 is 0 Å². The Bertz CT molecular complexity index is 31.1. The van der Waals surface area contributed by atoms with Crippen molar-refractivity contribution in [2.75, 3.05) is 0 Å². The van der Waals surface area contributed by atoms with Crippen LogP contribution in [0, 0.1) is 0 Å². The van der Waals surface area contributed by atoms with Crippen LogP contribution in [-0.2, 0) is 17.1 Å². The third-order valence-corrected chi connectivity index (χ3v) is 0. The van der Waals surface area contributed by atoms with Gasteiger partial charge in [-0.3, -0.25) is 0 Å². The molecule has 47 valence electrons. The zero-order valence-corrected chi connectivity index (χ0v) is 3.86. The van der Waals surface area contributed by atoms with Gasteiger partial charge in [-0.2, -0.15) is 0 Å². The van der Waals surface area contributed by atoms with Crippen LogP contribution in [0.15, 0.2) is 0 Å². The molecule has 0 saturated heterocycles. The van der Waals surface area contributed by atoms with Crippen molar-refractivity contribution in [2.24, 2.45) is 0 Å². The van der Waals surface area contributed by atoms with Gasteiger partial charge in [0, 0.05) is 0 Å². The van der Waals surface area contributed by atoms with Crippen molar-refractivity contribution in [3.05, 3.63) is 0 Å². The third kappa shape index (κ3) is 931. The summed E-state index contributed by atoms with van der Waals surface area (Å²) in [6.07, 6.45) is -2.33. The van der Waals surface area contributed by atoms with Gasteiger partial charge in [0.2, 0.25) is 0 Å². The van der Waals surface area contributed by atoms with E-state index in [1.165, 1.54) is 0 Å². The minimum Gasteiger partial charge on any atom is -0.870 e. The molecule has 0 saturated carbocycles. The summed E-state index contributed by atoms with van der Waals surface area (Å²) in [6.45, 7) is 0. The molecule has 0 aliphatic carbocycles. The van der Waals surface area contributed by atoms with Gasteiger partial charge >= 0.3 is 17.1 Å². The van der Waals surface area contributed by atoms with E-state index in [0.29, 0.717) is 0 Å². The maximum absolute atomic E-state index is 8.33. The summed E-state index contributed by atoms with van der Waals surface area (Å²) in [7, 11) is 0. The fourth-order valence-corrected chi connectivity index (χ4v) is 0. The molecule has 0 bridgehead atoms. The molecule has 0 heterocycles. The first-order valence-electron chi connectivity index (χ1n) is 0.612. The molecule has 0 aromatic rings. The molecule has 0 amide bonds. The van der Waals surface area contributed by atoms with Crippen LogP contribution in [0.4, 0.5) is 4.79 Å². The van der Waals surface area contributed by atoms with Crippen LogP contribution in [0.2, 0.25) is 0 Å². The smallest absolute Gasteiger partial charge is 0.870 e. The van der Waals surface area contributed by atoms with Crippen LogP contribution in [0.3, 0.4) is 0 Å². The van der Waals surface area contributed by atoms with Crippen molar-refractivity contribution < 1.29 is 43.0 Å². The number of rotatable bonds is 0. The number of hydrogen-bond donors (Lipinski definition) is 0. The maximum atomic E-state index is 8.33. The average Bonchev–Trinajstić information content (AvgIpc) is 0.811. The predicted octanol–water partition coefficient (Wildman–Crippen LogP) is -2.80. The second-order valence-corrected chi connectivity index (χ2v) is 0.250. The van der Waals surface area contributed by atoms with Gasteiger partial charge in [-0.25, -0.2) is 0 Å². The van der Waals surface area contributed by atoms with Crippen molar-refractivity contribution in [1.29, 1.82) is 0 Å². The molecule has 0 atom stereocenters. The Labute approximate surface area is 50.0 Å². The van der Waals surface area contributed by atoms with Crippen LogP contribution < -0.4 is 10.2 Å². The molecular weight excluding hydrogens is 156 g/mol. The van der Waals surface area contributed by atoms with E-state index in [2.05, 4.69) is 0 Å². The van der Waals surface area contributed by atoms with Gasteiger partial charge in [0.25, 0.3) is 0 Å². The normalized spacial score (nSPS) is 3.43. The van der Waals surface area contributed by atoms with E-state index in [4.69, 9.17) is 15.0 Å². The summed E-state index contributed by atoms with van der Waals surface area (Å²) in [4.78, 5) is 8.33. The summed E-state index contributed by atoms with van der Waals surface area (Å²) in [5.74, 6) is 0. The summed E-state index contributed by atoms with van der Waals surface area (Å²) in [5.41, 5.74) is 0. The van der Waals surface area contributed by atoms with E-state index in [0.717, 1.165) is 0 Å². The van der Waals surface area contributed by atoms with Gasteiger partial charge in [-0.1, -0.05) is 0 Å². The summed E-state index contributed by atoms with van der Waals surface area (Å²) < 4.78 is 0. The molecule has 0 spiro atoms. The van der Waals surface area contributed by atoms with E-state index in [-0.39, 0.29) is 28.0 Å². The standard InChI is InChI=1S/CH2O3.Cu.2H2O/c2-1(3)4;;;/h(H2,2,3,4);;2*1H2/q;+4;;/p-4. The molecule has 0 aromatic carbocycles. The minimum absolute atomic E-state index is 0.